The Labute approximate surface area is 189 Å². The molecule has 0 bridgehead atoms. The molecule has 32 heavy (non-hydrogen) atoms. The second-order valence-electron chi connectivity index (χ2n) is 6.72. The number of para-hydroxylation sites is 1. The zero-order valence-electron chi connectivity index (χ0n) is 16.3. The Morgan fingerprint density at radius 3 is 2.56 bits per heavy atom. The lowest BCUT2D eigenvalue weighted by atomic mass is 10.1. The molecule has 4 rings (SSSR count). The Balaban J connectivity index is 1.74. The molecule has 1 saturated heterocycles. The van der Waals surface area contributed by atoms with E-state index in [0.29, 0.717) is 10.6 Å². The summed E-state index contributed by atoms with van der Waals surface area (Å²) in [5.41, 5.74) is -0.501. The van der Waals surface area contributed by atoms with E-state index in [1.54, 1.807) is 24.3 Å². The van der Waals surface area contributed by atoms with Gasteiger partial charge in [0.25, 0.3) is 0 Å². The van der Waals surface area contributed by atoms with Gasteiger partial charge in [-0.05, 0) is 24.3 Å². The lowest BCUT2D eigenvalue weighted by Crippen LogP contribution is -2.32. The molecule has 3 aromatic rings. The first-order valence-corrected chi connectivity index (χ1v) is 10.7. The molecule has 0 spiro atoms. The van der Waals surface area contributed by atoms with Crippen molar-refractivity contribution in [3.63, 3.8) is 0 Å². The number of amides is 3. The van der Waals surface area contributed by atoms with Gasteiger partial charge in [-0.1, -0.05) is 47.6 Å². The fraction of sp³-hybridized carbons (Fsp3) is 0.200. The quantitative estimate of drug-likeness (QED) is 0.420. The zero-order valence-corrected chi connectivity index (χ0v) is 17.8. The van der Waals surface area contributed by atoms with E-state index in [2.05, 4.69) is 15.5 Å². The molecule has 1 aromatic heterocycles. The van der Waals surface area contributed by atoms with Gasteiger partial charge in [0.05, 0.1) is 17.8 Å². The van der Waals surface area contributed by atoms with Crippen LogP contribution in [0.5, 0.6) is 0 Å². The first-order chi connectivity index (χ1) is 15.3. The van der Waals surface area contributed by atoms with E-state index in [0.717, 1.165) is 22.7 Å². The van der Waals surface area contributed by atoms with Crippen molar-refractivity contribution in [3.8, 4) is 17.1 Å². The van der Waals surface area contributed by atoms with Gasteiger partial charge in [-0.3, -0.25) is 14.3 Å². The summed E-state index contributed by atoms with van der Waals surface area (Å²) in [6, 6.07) is 11.2. The highest BCUT2D eigenvalue weighted by Gasteiger charge is 2.35. The molecule has 0 atom stereocenters. The lowest BCUT2D eigenvalue weighted by Gasteiger charge is -2.17. The first-order valence-electron chi connectivity index (χ1n) is 9.34. The predicted molar refractivity (Wildman–Crippen MR) is 113 cm³/mol. The SMILES string of the molecule is O=C1CNC(=O)N1CCSc1nnc(-c2cccc(Cl)c2)n1-c1ccccc1C(F)(F)F. The Kier molecular flexibility index (Phi) is 6.11. The van der Waals surface area contributed by atoms with Crippen LogP contribution in [-0.2, 0) is 11.0 Å². The van der Waals surface area contributed by atoms with Crippen LogP contribution in [0.3, 0.4) is 0 Å². The summed E-state index contributed by atoms with van der Waals surface area (Å²) in [6.07, 6.45) is -4.60. The minimum atomic E-state index is -4.60. The summed E-state index contributed by atoms with van der Waals surface area (Å²) >= 11 is 7.16. The fourth-order valence-corrected chi connectivity index (χ4v) is 4.27. The van der Waals surface area contributed by atoms with Gasteiger partial charge in [-0.2, -0.15) is 13.2 Å². The molecule has 0 unspecified atom stereocenters. The number of alkyl halides is 3. The highest BCUT2D eigenvalue weighted by Crippen LogP contribution is 2.37. The fourth-order valence-electron chi connectivity index (χ4n) is 3.21. The highest BCUT2D eigenvalue weighted by molar-refractivity contribution is 7.99. The maximum Gasteiger partial charge on any atom is 0.418 e. The van der Waals surface area contributed by atoms with Crippen molar-refractivity contribution in [2.75, 3.05) is 18.8 Å². The molecule has 0 aliphatic carbocycles. The van der Waals surface area contributed by atoms with Crippen molar-refractivity contribution in [2.24, 2.45) is 0 Å². The second-order valence-corrected chi connectivity index (χ2v) is 8.22. The summed E-state index contributed by atoms with van der Waals surface area (Å²) in [6.45, 7) is 0.00711. The van der Waals surface area contributed by atoms with E-state index in [1.165, 1.54) is 22.8 Å². The van der Waals surface area contributed by atoms with Crippen molar-refractivity contribution >= 4 is 35.3 Å². The smallest absolute Gasteiger partial charge is 0.329 e. The molecule has 0 saturated carbocycles. The molecule has 1 N–H and O–H groups in total. The number of urea groups is 1. The van der Waals surface area contributed by atoms with Crippen molar-refractivity contribution < 1.29 is 22.8 Å². The van der Waals surface area contributed by atoms with Gasteiger partial charge in [0.15, 0.2) is 11.0 Å². The van der Waals surface area contributed by atoms with E-state index in [-0.39, 0.29) is 41.4 Å². The molecule has 0 radical (unpaired) electrons. The van der Waals surface area contributed by atoms with Crippen LogP contribution in [0.1, 0.15) is 5.56 Å². The molecular formula is C20H15ClF3N5O2S. The van der Waals surface area contributed by atoms with E-state index in [1.807, 2.05) is 0 Å². The largest absolute Gasteiger partial charge is 0.418 e. The van der Waals surface area contributed by atoms with Crippen molar-refractivity contribution in [3.05, 3.63) is 59.1 Å². The minimum Gasteiger partial charge on any atom is -0.329 e. The van der Waals surface area contributed by atoms with Crippen LogP contribution < -0.4 is 5.32 Å². The van der Waals surface area contributed by atoms with Crippen molar-refractivity contribution in [2.45, 2.75) is 11.3 Å². The van der Waals surface area contributed by atoms with E-state index in [9.17, 15) is 22.8 Å². The number of carbonyl (C=O) groups excluding carboxylic acids is 2. The molecular weight excluding hydrogens is 467 g/mol. The van der Waals surface area contributed by atoms with Crippen molar-refractivity contribution in [1.29, 1.82) is 0 Å². The number of hydrogen-bond acceptors (Lipinski definition) is 5. The van der Waals surface area contributed by atoms with E-state index < -0.39 is 17.8 Å². The number of hydrogen-bond donors (Lipinski definition) is 1. The monoisotopic (exact) mass is 481 g/mol. The van der Waals surface area contributed by atoms with E-state index in [4.69, 9.17) is 11.6 Å². The molecule has 3 amide bonds. The zero-order chi connectivity index (χ0) is 22.9. The Bertz CT molecular complexity index is 1170. The maximum atomic E-state index is 13.7. The van der Waals surface area contributed by atoms with Crippen LogP contribution >= 0.6 is 23.4 Å². The molecule has 2 aromatic carbocycles. The van der Waals surface area contributed by atoms with Gasteiger partial charge >= 0.3 is 12.2 Å². The standard InChI is InChI=1S/C20H15ClF3N5O2S/c21-13-5-3-4-12(10-13)17-26-27-19(32-9-8-28-16(30)11-25-18(28)31)29(17)15-7-2-1-6-14(15)20(22,23)24/h1-7,10H,8-9,11H2,(H,25,31). The van der Waals surface area contributed by atoms with Gasteiger partial charge in [-0.15, -0.1) is 10.2 Å². The Morgan fingerprint density at radius 2 is 1.88 bits per heavy atom. The van der Waals surface area contributed by atoms with Gasteiger partial charge in [-0.25, -0.2) is 4.79 Å². The molecule has 1 fully saturated rings. The van der Waals surface area contributed by atoms with Crippen LogP contribution in [0.4, 0.5) is 18.0 Å². The van der Waals surface area contributed by atoms with Gasteiger partial charge < -0.3 is 5.32 Å². The van der Waals surface area contributed by atoms with Crippen LogP contribution in [0.2, 0.25) is 5.02 Å². The van der Waals surface area contributed by atoms with Crippen molar-refractivity contribution in [1.82, 2.24) is 25.0 Å². The molecule has 2 heterocycles. The summed E-state index contributed by atoms with van der Waals surface area (Å²) in [4.78, 5) is 24.5. The van der Waals surface area contributed by atoms with E-state index >= 15 is 0 Å². The normalized spacial score (nSPS) is 14.2. The van der Waals surface area contributed by atoms with Crippen LogP contribution in [0.25, 0.3) is 17.1 Å². The Hall–Kier alpha value is -3.05. The molecule has 1 aliphatic rings. The second kappa shape index (κ2) is 8.83. The van der Waals surface area contributed by atoms with Crippen LogP contribution in [-0.4, -0.2) is 50.4 Å². The molecule has 166 valence electrons. The summed E-state index contributed by atoms with van der Waals surface area (Å²) < 4.78 is 42.5. The Morgan fingerprint density at radius 1 is 1.09 bits per heavy atom. The third-order valence-corrected chi connectivity index (χ3v) is 5.79. The number of carbonyl (C=O) groups is 2. The number of thioether (sulfide) groups is 1. The number of rotatable bonds is 6. The number of benzene rings is 2. The summed E-state index contributed by atoms with van der Waals surface area (Å²) in [5.74, 6) is 0.0434. The number of nitrogens with zero attached hydrogens (tertiary/aromatic N) is 4. The average Bonchev–Trinajstić information content (AvgIpc) is 3.31. The number of aromatic nitrogens is 3. The number of imide groups is 1. The van der Waals surface area contributed by atoms with Gasteiger partial charge in [0.1, 0.15) is 0 Å². The molecule has 7 nitrogen and oxygen atoms in total. The maximum absolute atomic E-state index is 13.7. The predicted octanol–water partition coefficient (Wildman–Crippen LogP) is 4.25. The van der Waals surface area contributed by atoms with Gasteiger partial charge in [0, 0.05) is 22.9 Å². The number of nitrogens with one attached hydrogen (secondary N) is 1. The first kappa shape index (κ1) is 22.2. The molecule has 1 aliphatic heterocycles. The average molecular weight is 482 g/mol. The third kappa shape index (κ3) is 4.44. The number of halogens is 4. The summed E-state index contributed by atoms with van der Waals surface area (Å²) in [5, 5.41) is 11.2. The third-order valence-electron chi connectivity index (χ3n) is 4.65. The van der Waals surface area contributed by atoms with Crippen LogP contribution in [0, 0.1) is 0 Å². The lowest BCUT2D eigenvalue weighted by molar-refractivity contribution is -0.137. The highest BCUT2D eigenvalue weighted by atomic mass is 35.5. The van der Waals surface area contributed by atoms with Gasteiger partial charge in [0.2, 0.25) is 5.91 Å². The molecule has 12 heteroatoms. The summed E-state index contributed by atoms with van der Waals surface area (Å²) in [7, 11) is 0. The van der Waals surface area contributed by atoms with Crippen LogP contribution in [0.15, 0.2) is 53.7 Å². The topological polar surface area (TPSA) is 80.1 Å². The minimum absolute atomic E-state index is 0.0719.